The van der Waals surface area contributed by atoms with Crippen molar-refractivity contribution in [1.82, 2.24) is 20.2 Å². The summed E-state index contributed by atoms with van der Waals surface area (Å²) in [5.41, 5.74) is 0.765. The lowest BCUT2D eigenvalue weighted by molar-refractivity contribution is 0.439. The molecule has 2 aromatic heterocycles. The van der Waals surface area contributed by atoms with Gasteiger partial charge in [-0.2, -0.15) is 15.1 Å². The second-order valence-electron chi connectivity index (χ2n) is 5.33. The van der Waals surface area contributed by atoms with Gasteiger partial charge in [-0.15, -0.1) is 0 Å². The first-order valence-corrected chi connectivity index (χ1v) is 6.90. The minimum absolute atomic E-state index is 0.610. The summed E-state index contributed by atoms with van der Waals surface area (Å²) in [7, 11) is 1.82. The number of nitrogens with one attached hydrogen (secondary N) is 3. The standard InChI is InChI=1S/C13H20N6/c1-8-4-3-5-9(8)6-15-11-10-7-16-19-12(10)18-13(14-2)17-11/h7-9H,3-6H2,1-2H3,(H3,14,15,16,17,18,19). The molecule has 19 heavy (non-hydrogen) atoms. The molecule has 2 atom stereocenters. The third-order valence-corrected chi connectivity index (χ3v) is 4.10. The number of anilines is 2. The van der Waals surface area contributed by atoms with Crippen molar-refractivity contribution in [3.63, 3.8) is 0 Å². The number of nitrogens with zero attached hydrogens (tertiary/aromatic N) is 3. The van der Waals surface area contributed by atoms with Crippen molar-refractivity contribution in [2.75, 3.05) is 24.2 Å². The van der Waals surface area contributed by atoms with Crippen molar-refractivity contribution in [2.24, 2.45) is 11.8 Å². The number of hydrogen-bond donors (Lipinski definition) is 3. The van der Waals surface area contributed by atoms with Crippen LogP contribution in [0.5, 0.6) is 0 Å². The number of hydrogen-bond acceptors (Lipinski definition) is 5. The lowest BCUT2D eigenvalue weighted by atomic mass is 9.98. The summed E-state index contributed by atoms with van der Waals surface area (Å²) in [6.45, 7) is 3.31. The molecule has 0 radical (unpaired) electrons. The molecule has 0 amide bonds. The molecule has 2 heterocycles. The smallest absolute Gasteiger partial charge is 0.226 e. The highest BCUT2D eigenvalue weighted by Gasteiger charge is 2.23. The molecule has 0 spiro atoms. The number of H-pyrrole nitrogens is 1. The molecule has 1 saturated carbocycles. The van der Waals surface area contributed by atoms with Gasteiger partial charge in [-0.3, -0.25) is 5.10 Å². The molecule has 3 rings (SSSR count). The number of aromatic amines is 1. The summed E-state index contributed by atoms with van der Waals surface area (Å²) in [6, 6.07) is 0. The van der Waals surface area contributed by atoms with Crippen molar-refractivity contribution >= 4 is 22.8 Å². The highest BCUT2D eigenvalue weighted by Crippen LogP contribution is 2.31. The monoisotopic (exact) mass is 260 g/mol. The van der Waals surface area contributed by atoms with Crippen LogP contribution in [-0.2, 0) is 0 Å². The number of fused-ring (bicyclic) bond motifs is 1. The summed E-state index contributed by atoms with van der Waals surface area (Å²) in [5, 5.41) is 14.3. The van der Waals surface area contributed by atoms with Crippen molar-refractivity contribution in [1.29, 1.82) is 0 Å². The van der Waals surface area contributed by atoms with Gasteiger partial charge < -0.3 is 10.6 Å². The van der Waals surface area contributed by atoms with E-state index < -0.39 is 0 Å². The molecule has 6 nitrogen and oxygen atoms in total. The van der Waals surface area contributed by atoms with Gasteiger partial charge in [0, 0.05) is 13.6 Å². The molecule has 0 saturated heterocycles. The predicted octanol–water partition coefficient (Wildman–Crippen LogP) is 2.24. The molecule has 6 heteroatoms. The fraction of sp³-hybridized carbons (Fsp3) is 0.615. The molecule has 2 aromatic rings. The van der Waals surface area contributed by atoms with Gasteiger partial charge in [0.2, 0.25) is 5.95 Å². The molecule has 1 aliphatic carbocycles. The second-order valence-corrected chi connectivity index (χ2v) is 5.33. The van der Waals surface area contributed by atoms with Gasteiger partial charge in [0.25, 0.3) is 0 Å². The summed E-state index contributed by atoms with van der Waals surface area (Å²) in [6.07, 6.45) is 5.78. The Morgan fingerprint density at radius 3 is 3.00 bits per heavy atom. The molecule has 0 bridgehead atoms. The van der Waals surface area contributed by atoms with Crippen LogP contribution in [0.3, 0.4) is 0 Å². The van der Waals surface area contributed by atoms with Gasteiger partial charge in [0.05, 0.1) is 11.6 Å². The van der Waals surface area contributed by atoms with Crippen LogP contribution in [0, 0.1) is 11.8 Å². The largest absolute Gasteiger partial charge is 0.369 e. The van der Waals surface area contributed by atoms with Gasteiger partial charge in [0.15, 0.2) is 5.65 Å². The minimum Gasteiger partial charge on any atom is -0.369 e. The van der Waals surface area contributed by atoms with E-state index in [1.165, 1.54) is 19.3 Å². The van der Waals surface area contributed by atoms with E-state index >= 15 is 0 Å². The zero-order valence-electron chi connectivity index (χ0n) is 11.4. The molecule has 3 N–H and O–H groups in total. The fourth-order valence-electron chi connectivity index (χ4n) is 2.83. The molecular weight excluding hydrogens is 240 g/mol. The van der Waals surface area contributed by atoms with E-state index in [4.69, 9.17) is 0 Å². The van der Waals surface area contributed by atoms with Crippen LogP contribution < -0.4 is 10.6 Å². The quantitative estimate of drug-likeness (QED) is 0.785. The molecule has 1 fully saturated rings. The van der Waals surface area contributed by atoms with Gasteiger partial charge in [-0.25, -0.2) is 0 Å². The third-order valence-electron chi connectivity index (χ3n) is 4.10. The first kappa shape index (κ1) is 12.2. The molecular formula is C13H20N6. The number of aromatic nitrogens is 4. The first-order valence-electron chi connectivity index (χ1n) is 6.90. The highest BCUT2D eigenvalue weighted by atomic mass is 15.2. The Hall–Kier alpha value is -1.85. The van der Waals surface area contributed by atoms with Gasteiger partial charge >= 0.3 is 0 Å². The van der Waals surface area contributed by atoms with Gasteiger partial charge in [0.1, 0.15) is 5.82 Å². The van der Waals surface area contributed by atoms with E-state index in [1.54, 1.807) is 6.20 Å². The Morgan fingerprint density at radius 2 is 2.26 bits per heavy atom. The molecule has 1 aliphatic rings. The van der Waals surface area contributed by atoms with Crippen LogP contribution in [0.15, 0.2) is 6.20 Å². The van der Waals surface area contributed by atoms with Crippen LogP contribution in [0.4, 0.5) is 11.8 Å². The zero-order chi connectivity index (χ0) is 13.2. The first-order chi connectivity index (χ1) is 9.28. The molecule has 2 unspecified atom stereocenters. The maximum atomic E-state index is 4.48. The van der Waals surface area contributed by atoms with E-state index in [0.717, 1.165) is 35.2 Å². The molecule has 0 aliphatic heterocycles. The van der Waals surface area contributed by atoms with E-state index in [-0.39, 0.29) is 0 Å². The summed E-state index contributed by atoms with van der Waals surface area (Å²) in [5.74, 6) is 3.02. The van der Waals surface area contributed by atoms with E-state index in [0.29, 0.717) is 5.95 Å². The van der Waals surface area contributed by atoms with E-state index in [9.17, 15) is 0 Å². The van der Waals surface area contributed by atoms with Crippen LogP contribution >= 0.6 is 0 Å². The van der Waals surface area contributed by atoms with E-state index in [1.807, 2.05) is 7.05 Å². The van der Waals surface area contributed by atoms with Crippen molar-refractivity contribution in [3.8, 4) is 0 Å². The molecule has 0 aromatic carbocycles. The lowest BCUT2D eigenvalue weighted by Crippen LogP contribution is -2.17. The Labute approximate surface area is 112 Å². The lowest BCUT2D eigenvalue weighted by Gasteiger charge is -2.16. The SMILES string of the molecule is CNc1nc(NCC2CCCC2C)c2cn[nH]c2n1. The summed E-state index contributed by atoms with van der Waals surface area (Å²) >= 11 is 0. The van der Waals surface area contributed by atoms with Gasteiger partial charge in [-0.1, -0.05) is 19.8 Å². The second kappa shape index (κ2) is 5.03. The maximum absolute atomic E-state index is 4.48. The van der Waals surface area contributed by atoms with Crippen molar-refractivity contribution in [3.05, 3.63) is 6.20 Å². The fourth-order valence-corrected chi connectivity index (χ4v) is 2.83. The van der Waals surface area contributed by atoms with Crippen LogP contribution in [0.25, 0.3) is 11.0 Å². The Bertz CT molecular complexity index is 563. The average molecular weight is 260 g/mol. The number of rotatable bonds is 4. The van der Waals surface area contributed by atoms with Crippen LogP contribution in [-0.4, -0.2) is 33.8 Å². The van der Waals surface area contributed by atoms with Gasteiger partial charge in [-0.05, 0) is 18.3 Å². The maximum Gasteiger partial charge on any atom is 0.226 e. The normalized spacial score (nSPS) is 22.8. The third kappa shape index (κ3) is 2.34. The molecule has 102 valence electrons. The summed E-state index contributed by atoms with van der Waals surface area (Å²) < 4.78 is 0. The van der Waals surface area contributed by atoms with E-state index in [2.05, 4.69) is 37.7 Å². The van der Waals surface area contributed by atoms with Crippen LogP contribution in [0.2, 0.25) is 0 Å². The Morgan fingerprint density at radius 1 is 1.37 bits per heavy atom. The summed E-state index contributed by atoms with van der Waals surface area (Å²) in [4.78, 5) is 8.81. The Balaban J connectivity index is 1.81. The van der Waals surface area contributed by atoms with Crippen molar-refractivity contribution in [2.45, 2.75) is 26.2 Å². The predicted molar refractivity (Wildman–Crippen MR) is 76.2 cm³/mol. The van der Waals surface area contributed by atoms with Crippen LogP contribution in [0.1, 0.15) is 26.2 Å². The van der Waals surface area contributed by atoms with Crippen molar-refractivity contribution < 1.29 is 0 Å². The zero-order valence-corrected chi connectivity index (χ0v) is 11.4. The minimum atomic E-state index is 0.610. The topological polar surface area (TPSA) is 78.5 Å². The highest BCUT2D eigenvalue weighted by molar-refractivity contribution is 5.86. The Kier molecular flexibility index (Phi) is 3.23. The average Bonchev–Trinajstić information content (AvgIpc) is 3.04.